The lowest BCUT2D eigenvalue weighted by atomic mass is 10.1. The molecule has 0 fully saturated rings. The molecule has 0 atom stereocenters. The maximum atomic E-state index is 10.6. The van der Waals surface area contributed by atoms with Gasteiger partial charge in [-0.05, 0) is 6.42 Å². The van der Waals surface area contributed by atoms with Crippen LogP contribution in [0.3, 0.4) is 0 Å². The Morgan fingerprint density at radius 1 is 1.70 bits per heavy atom. The van der Waals surface area contributed by atoms with Crippen LogP contribution < -0.4 is 0 Å². The van der Waals surface area contributed by atoms with Gasteiger partial charge in [0.25, 0.3) is 0 Å². The predicted molar refractivity (Wildman–Crippen MR) is 38.6 cm³/mol. The summed E-state index contributed by atoms with van der Waals surface area (Å²) in [6, 6.07) is 0. The van der Waals surface area contributed by atoms with E-state index in [2.05, 4.69) is 6.92 Å². The number of carbonyl (C=O) groups is 1. The van der Waals surface area contributed by atoms with Gasteiger partial charge in [-0.3, -0.25) is 0 Å². The van der Waals surface area contributed by atoms with Crippen LogP contribution in [0.5, 0.6) is 0 Å². The van der Waals surface area contributed by atoms with Crippen molar-refractivity contribution in [1.82, 2.24) is 0 Å². The van der Waals surface area contributed by atoms with Crippen molar-refractivity contribution < 1.29 is 9.53 Å². The van der Waals surface area contributed by atoms with Gasteiger partial charge in [-0.15, -0.1) is 0 Å². The Balaban J connectivity index is 2.49. The minimum Gasteiger partial charge on any atom is -0.462 e. The zero-order valence-electron chi connectivity index (χ0n) is 6.22. The molecule has 0 aromatic heterocycles. The molecule has 0 radical (unpaired) electrons. The summed E-state index contributed by atoms with van der Waals surface area (Å²) < 4.78 is 4.74. The number of carbonyl (C=O) groups excluding carboxylic acids is 1. The molecule has 0 saturated carbocycles. The van der Waals surface area contributed by atoms with E-state index in [1.807, 2.05) is 0 Å². The molecule has 1 aliphatic heterocycles. The SMILES string of the molecule is CCCC1=CC(=O)OCC1. The average Bonchev–Trinajstić information content (AvgIpc) is 1.88. The number of rotatable bonds is 2. The molecule has 1 heterocycles. The third-order valence-corrected chi connectivity index (χ3v) is 1.56. The van der Waals surface area contributed by atoms with E-state index in [0.29, 0.717) is 6.61 Å². The first-order chi connectivity index (χ1) is 4.83. The van der Waals surface area contributed by atoms with E-state index in [1.165, 1.54) is 5.57 Å². The molecule has 0 unspecified atom stereocenters. The Morgan fingerprint density at radius 3 is 3.10 bits per heavy atom. The number of hydrogen-bond donors (Lipinski definition) is 0. The largest absolute Gasteiger partial charge is 0.462 e. The van der Waals surface area contributed by atoms with Gasteiger partial charge in [0, 0.05) is 12.5 Å². The molecule has 0 aromatic rings. The molecule has 2 nitrogen and oxygen atoms in total. The highest BCUT2D eigenvalue weighted by molar-refractivity contribution is 5.83. The third-order valence-electron chi connectivity index (χ3n) is 1.56. The number of cyclic esters (lactones) is 1. The smallest absolute Gasteiger partial charge is 0.330 e. The maximum absolute atomic E-state index is 10.6. The second-order valence-electron chi connectivity index (χ2n) is 2.47. The normalized spacial score (nSPS) is 18.1. The van der Waals surface area contributed by atoms with Crippen molar-refractivity contribution in [3.05, 3.63) is 11.6 Å². The Morgan fingerprint density at radius 2 is 2.50 bits per heavy atom. The van der Waals surface area contributed by atoms with Crippen LogP contribution in [-0.4, -0.2) is 12.6 Å². The van der Waals surface area contributed by atoms with Crippen LogP contribution in [0.15, 0.2) is 11.6 Å². The van der Waals surface area contributed by atoms with Crippen molar-refractivity contribution in [3.8, 4) is 0 Å². The summed E-state index contributed by atoms with van der Waals surface area (Å²) in [5.74, 6) is -0.172. The second kappa shape index (κ2) is 3.40. The van der Waals surface area contributed by atoms with Gasteiger partial charge in [0.2, 0.25) is 0 Å². The summed E-state index contributed by atoms with van der Waals surface area (Å²) in [6.07, 6.45) is 4.70. The molecule has 0 aliphatic carbocycles. The zero-order chi connectivity index (χ0) is 7.40. The van der Waals surface area contributed by atoms with Crippen molar-refractivity contribution in [3.63, 3.8) is 0 Å². The molecule has 1 aliphatic rings. The molecule has 1 rings (SSSR count). The molecule has 0 spiro atoms. The summed E-state index contributed by atoms with van der Waals surface area (Å²) in [7, 11) is 0. The maximum Gasteiger partial charge on any atom is 0.330 e. The minimum atomic E-state index is -0.172. The summed E-state index contributed by atoms with van der Waals surface area (Å²) in [4.78, 5) is 10.6. The molecule has 2 heteroatoms. The molecule has 0 bridgehead atoms. The van der Waals surface area contributed by atoms with E-state index in [4.69, 9.17) is 4.74 Å². The topological polar surface area (TPSA) is 26.3 Å². The van der Waals surface area contributed by atoms with Gasteiger partial charge in [-0.1, -0.05) is 18.9 Å². The Hall–Kier alpha value is -0.790. The van der Waals surface area contributed by atoms with Gasteiger partial charge in [0.15, 0.2) is 0 Å². The lowest BCUT2D eigenvalue weighted by Gasteiger charge is -2.11. The third kappa shape index (κ3) is 1.87. The fourth-order valence-corrected chi connectivity index (χ4v) is 1.08. The van der Waals surface area contributed by atoms with E-state index >= 15 is 0 Å². The molecule has 0 amide bonds. The highest BCUT2D eigenvalue weighted by atomic mass is 16.5. The number of hydrogen-bond acceptors (Lipinski definition) is 2. The van der Waals surface area contributed by atoms with Crippen molar-refractivity contribution in [2.24, 2.45) is 0 Å². The zero-order valence-corrected chi connectivity index (χ0v) is 6.22. The van der Waals surface area contributed by atoms with Gasteiger partial charge in [-0.2, -0.15) is 0 Å². The molecule has 0 N–H and O–H groups in total. The fourth-order valence-electron chi connectivity index (χ4n) is 1.08. The second-order valence-corrected chi connectivity index (χ2v) is 2.47. The van der Waals surface area contributed by atoms with Crippen molar-refractivity contribution in [1.29, 1.82) is 0 Å². The van der Waals surface area contributed by atoms with Crippen molar-refractivity contribution in [2.75, 3.05) is 6.61 Å². The van der Waals surface area contributed by atoms with Crippen molar-refractivity contribution in [2.45, 2.75) is 26.2 Å². The van der Waals surface area contributed by atoms with Crippen molar-refractivity contribution >= 4 is 5.97 Å². The van der Waals surface area contributed by atoms with E-state index < -0.39 is 0 Å². The van der Waals surface area contributed by atoms with Gasteiger partial charge in [0.05, 0.1) is 6.61 Å². The number of ether oxygens (including phenoxy) is 1. The Labute approximate surface area is 60.9 Å². The predicted octanol–water partition coefficient (Wildman–Crippen LogP) is 1.66. The van der Waals surface area contributed by atoms with Gasteiger partial charge < -0.3 is 4.74 Å². The van der Waals surface area contributed by atoms with Gasteiger partial charge in [-0.25, -0.2) is 4.79 Å². The number of esters is 1. The Bertz CT molecular complexity index is 159. The Kier molecular flexibility index (Phi) is 2.49. The molecule has 10 heavy (non-hydrogen) atoms. The highest BCUT2D eigenvalue weighted by Crippen LogP contribution is 2.13. The first kappa shape index (κ1) is 7.32. The van der Waals surface area contributed by atoms with E-state index in [1.54, 1.807) is 6.08 Å². The highest BCUT2D eigenvalue weighted by Gasteiger charge is 2.08. The van der Waals surface area contributed by atoms with Crippen LogP contribution in [0, 0.1) is 0 Å². The lowest BCUT2D eigenvalue weighted by molar-refractivity contribution is -0.138. The molecular formula is C8H12O2. The first-order valence-electron chi connectivity index (χ1n) is 3.69. The van der Waals surface area contributed by atoms with Crippen LogP contribution in [-0.2, 0) is 9.53 Å². The summed E-state index contributed by atoms with van der Waals surface area (Å²) in [5, 5.41) is 0. The van der Waals surface area contributed by atoms with Crippen LogP contribution in [0.25, 0.3) is 0 Å². The average molecular weight is 140 g/mol. The van der Waals surface area contributed by atoms with Gasteiger partial charge >= 0.3 is 5.97 Å². The van der Waals surface area contributed by atoms with E-state index in [-0.39, 0.29) is 5.97 Å². The quantitative estimate of drug-likeness (QED) is 0.545. The van der Waals surface area contributed by atoms with Crippen LogP contribution >= 0.6 is 0 Å². The standard InChI is InChI=1S/C8H12O2/c1-2-3-7-4-5-10-8(9)6-7/h6H,2-5H2,1H3. The van der Waals surface area contributed by atoms with Crippen LogP contribution in [0.4, 0.5) is 0 Å². The summed E-state index contributed by atoms with van der Waals surface area (Å²) in [6.45, 7) is 2.69. The fraction of sp³-hybridized carbons (Fsp3) is 0.625. The van der Waals surface area contributed by atoms with E-state index in [0.717, 1.165) is 19.3 Å². The van der Waals surface area contributed by atoms with E-state index in [9.17, 15) is 4.79 Å². The molecule has 0 saturated heterocycles. The monoisotopic (exact) mass is 140 g/mol. The molecule has 0 aromatic carbocycles. The van der Waals surface area contributed by atoms with Gasteiger partial charge in [0.1, 0.15) is 0 Å². The lowest BCUT2D eigenvalue weighted by Crippen LogP contribution is -2.10. The summed E-state index contributed by atoms with van der Waals surface area (Å²) in [5.41, 5.74) is 1.23. The summed E-state index contributed by atoms with van der Waals surface area (Å²) >= 11 is 0. The molecule has 56 valence electrons. The first-order valence-corrected chi connectivity index (χ1v) is 3.69. The van der Waals surface area contributed by atoms with Crippen LogP contribution in [0.1, 0.15) is 26.2 Å². The molecular weight excluding hydrogens is 128 g/mol. The van der Waals surface area contributed by atoms with Crippen LogP contribution in [0.2, 0.25) is 0 Å². The minimum absolute atomic E-state index is 0.172.